The molecule has 1 rings (SSSR count). The molecule has 0 fully saturated rings. The summed E-state index contributed by atoms with van der Waals surface area (Å²) in [7, 11) is 2.93. The second kappa shape index (κ2) is 7.37. The van der Waals surface area contributed by atoms with Gasteiger partial charge in [-0.05, 0) is 19.1 Å². The minimum Gasteiger partial charge on any atom is -0.491 e. The molecule has 2 N–H and O–H groups in total. The van der Waals surface area contributed by atoms with Gasteiger partial charge in [-0.1, -0.05) is 6.07 Å². The maximum absolute atomic E-state index is 12.3. The van der Waals surface area contributed by atoms with E-state index in [0.717, 1.165) is 0 Å². The molecular formula is C14H20N2O4. The summed E-state index contributed by atoms with van der Waals surface area (Å²) in [6, 6.07) is 5.02. The maximum Gasteiger partial charge on any atom is 0.307 e. The zero-order chi connectivity index (χ0) is 15.1. The third kappa shape index (κ3) is 3.88. The Morgan fingerprint density at radius 3 is 2.65 bits per heavy atom. The van der Waals surface area contributed by atoms with Crippen LogP contribution in [0.1, 0.15) is 23.7 Å². The van der Waals surface area contributed by atoms with Crippen LogP contribution in [0.4, 0.5) is 5.69 Å². The van der Waals surface area contributed by atoms with Gasteiger partial charge in [-0.25, -0.2) is 0 Å². The monoisotopic (exact) mass is 280 g/mol. The fourth-order valence-corrected chi connectivity index (χ4v) is 1.70. The van der Waals surface area contributed by atoms with Gasteiger partial charge < -0.3 is 20.1 Å². The zero-order valence-corrected chi connectivity index (χ0v) is 12.0. The molecule has 0 saturated carbocycles. The molecule has 110 valence electrons. The predicted molar refractivity (Wildman–Crippen MR) is 75.6 cm³/mol. The summed E-state index contributed by atoms with van der Waals surface area (Å²) in [6.07, 6.45) is 0.144. The molecule has 0 aromatic heterocycles. The van der Waals surface area contributed by atoms with Crippen LogP contribution in [0, 0.1) is 0 Å². The van der Waals surface area contributed by atoms with Crippen molar-refractivity contribution in [2.45, 2.75) is 13.3 Å². The van der Waals surface area contributed by atoms with Gasteiger partial charge in [-0.15, -0.1) is 0 Å². The van der Waals surface area contributed by atoms with Crippen molar-refractivity contribution in [3.8, 4) is 5.75 Å². The van der Waals surface area contributed by atoms with E-state index in [-0.39, 0.29) is 24.8 Å². The number of esters is 1. The van der Waals surface area contributed by atoms with E-state index < -0.39 is 0 Å². The van der Waals surface area contributed by atoms with E-state index in [1.54, 1.807) is 25.2 Å². The van der Waals surface area contributed by atoms with Crippen molar-refractivity contribution in [1.82, 2.24) is 4.90 Å². The van der Waals surface area contributed by atoms with Crippen molar-refractivity contribution in [2.75, 3.05) is 33.0 Å². The standard InChI is InChI=1S/C14H20N2O4/c1-4-20-13-10(6-5-7-11(13)15)14(18)16(2)9-8-12(17)19-3/h5-7H,4,8-9,15H2,1-3H3. The van der Waals surface area contributed by atoms with Crippen LogP contribution in [0.2, 0.25) is 0 Å². The normalized spacial score (nSPS) is 9.95. The lowest BCUT2D eigenvalue weighted by atomic mass is 10.1. The second-order valence-electron chi connectivity index (χ2n) is 4.21. The number of nitrogen functional groups attached to an aromatic ring is 1. The van der Waals surface area contributed by atoms with E-state index in [9.17, 15) is 9.59 Å². The van der Waals surface area contributed by atoms with Gasteiger partial charge in [0, 0.05) is 13.6 Å². The second-order valence-corrected chi connectivity index (χ2v) is 4.21. The Kier molecular flexibility index (Phi) is 5.83. The molecule has 0 aliphatic carbocycles. The van der Waals surface area contributed by atoms with E-state index in [0.29, 0.717) is 23.6 Å². The Morgan fingerprint density at radius 1 is 1.35 bits per heavy atom. The Labute approximate surface area is 118 Å². The van der Waals surface area contributed by atoms with Crippen LogP contribution < -0.4 is 10.5 Å². The van der Waals surface area contributed by atoms with Gasteiger partial charge in [0.1, 0.15) is 0 Å². The van der Waals surface area contributed by atoms with Gasteiger partial charge in [0.15, 0.2) is 5.75 Å². The lowest BCUT2D eigenvalue weighted by Gasteiger charge is -2.19. The number of amides is 1. The largest absolute Gasteiger partial charge is 0.491 e. The summed E-state index contributed by atoms with van der Waals surface area (Å²) >= 11 is 0. The molecule has 0 atom stereocenters. The highest BCUT2D eigenvalue weighted by molar-refractivity contribution is 5.98. The van der Waals surface area contributed by atoms with Gasteiger partial charge in [-0.2, -0.15) is 0 Å². The van der Waals surface area contributed by atoms with Crippen LogP contribution in [0.3, 0.4) is 0 Å². The number of anilines is 1. The average Bonchev–Trinajstić information content (AvgIpc) is 2.45. The number of methoxy groups -OCH3 is 1. The third-order valence-electron chi connectivity index (χ3n) is 2.79. The Morgan fingerprint density at radius 2 is 2.05 bits per heavy atom. The molecule has 1 aromatic rings. The molecule has 0 unspecified atom stereocenters. The van der Waals surface area contributed by atoms with E-state index in [1.165, 1.54) is 12.0 Å². The average molecular weight is 280 g/mol. The fraction of sp³-hybridized carbons (Fsp3) is 0.429. The highest BCUT2D eigenvalue weighted by Gasteiger charge is 2.19. The van der Waals surface area contributed by atoms with Crippen LogP contribution in [-0.2, 0) is 9.53 Å². The van der Waals surface area contributed by atoms with Crippen molar-refractivity contribution in [1.29, 1.82) is 0 Å². The van der Waals surface area contributed by atoms with Gasteiger partial charge >= 0.3 is 5.97 Å². The van der Waals surface area contributed by atoms with Crippen molar-refractivity contribution in [3.05, 3.63) is 23.8 Å². The zero-order valence-electron chi connectivity index (χ0n) is 12.0. The van der Waals surface area contributed by atoms with Crippen molar-refractivity contribution in [3.63, 3.8) is 0 Å². The molecule has 0 heterocycles. The SMILES string of the molecule is CCOc1c(N)cccc1C(=O)N(C)CCC(=O)OC. The Bertz CT molecular complexity index is 488. The summed E-state index contributed by atoms with van der Waals surface area (Å²) in [5.74, 6) is -0.225. The smallest absolute Gasteiger partial charge is 0.307 e. The van der Waals surface area contributed by atoms with E-state index in [4.69, 9.17) is 10.5 Å². The molecule has 6 heteroatoms. The topological polar surface area (TPSA) is 81.9 Å². The van der Waals surface area contributed by atoms with Crippen molar-refractivity contribution in [2.24, 2.45) is 0 Å². The van der Waals surface area contributed by atoms with Crippen LogP contribution in [0.5, 0.6) is 5.75 Å². The number of ether oxygens (including phenoxy) is 2. The summed E-state index contributed by atoms with van der Waals surface area (Å²) in [5.41, 5.74) is 6.62. The number of nitrogens with two attached hydrogens (primary N) is 1. The molecule has 0 aliphatic rings. The van der Waals surface area contributed by atoms with E-state index >= 15 is 0 Å². The highest BCUT2D eigenvalue weighted by atomic mass is 16.5. The first-order valence-corrected chi connectivity index (χ1v) is 6.34. The van der Waals surface area contributed by atoms with Gasteiger partial charge in [0.2, 0.25) is 0 Å². The van der Waals surface area contributed by atoms with Crippen LogP contribution in [0.15, 0.2) is 18.2 Å². The lowest BCUT2D eigenvalue weighted by molar-refractivity contribution is -0.140. The van der Waals surface area contributed by atoms with Crippen LogP contribution in [-0.4, -0.2) is 44.1 Å². The molecule has 1 amide bonds. The van der Waals surface area contributed by atoms with E-state index in [2.05, 4.69) is 4.74 Å². The van der Waals surface area contributed by atoms with Crippen molar-refractivity contribution >= 4 is 17.6 Å². The number of carbonyl (C=O) groups is 2. The number of para-hydroxylation sites is 1. The number of hydrogen-bond donors (Lipinski definition) is 1. The molecule has 1 aromatic carbocycles. The van der Waals surface area contributed by atoms with Crippen LogP contribution >= 0.6 is 0 Å². The molecule has 0 saturated heterocycles. The molecular weight excluding hydrogens is 260 g/mol. The minimum atomic E-state index is -0.359. The highest BCUT2D eigenvalue weighted by Crippen LogP contribution is 2.27. The lowest BCUT2D eigenvalue weighted by Crippen LogP contribution is -2.29. The van der Waals surface area contributed by atoms with Gasteiger partial charge in [0.25, 0.3) is 5.91 Å². The molecule has 0 radical (unpaired) electrons. The number of benzene rings is 1. The molecule has 6 nitrogen and oxygen atoms in total. The number of carbonyl (C=O) groups excluding carboxylic acids is 2. The first-order chi connectivity index (χ1) is 9.51. The molecule has 0 bridgehead atoms. The Hall–Kier alpha value is -2.24. The van der Waals surface area contributed by atoms with Crippen molar-refractivity contribution < 1.29 is 19.1 Å². The van der Waals surface area contributed by atoms with Gasteiger partial charge in [0.05, 0.1) is 31.4 Å². The maximum atomic E-state index is 12.3. The summed E-state index contributed by atoms with van der Waals surface area (Å²) in [6.45, 7) is 2.51. The van der Waals surface area contributed by atoms with E-state index in [1.807, 2.05) is 6.92 Å². The van der Waals surface area contributed by atoms with Gasteiger partial charge in [-0.3, -0.25) is 9.59 Å². The predicted octanol–water partition coefficient (Wildman–Crippen LogP) is 1.30. The van der Waals surface area contributed by atoms with Crippen LogP contribution in [0.25, 0.3) is 0 Å². The quantitative estimate of drug-likeness (QED) is 0.627. The summed E-state index contributed by atoms with van der Waals surface area (Å²) < 4.78 is 9.97. The Balaban J connectivity index is 2.85. The summed E-state index contributed by atoms with van der Waals surface area (Å²) in [5, 5.41) is 0. The minimum absolute atomic E-state index is 0.144. The number of hydrogen-bond acceptors (Lipinski definition) is 5. The first-order valence-electron chi connectivity index (χ1n) is 6.34. The molecule has 20 heavy (non-hydrogen) atoms. The fourth-order valence-electron chi connectivity index (χ4n) is 1.70. The molecule has 0 spiro atoms. The number of rotatable bonds is 6. The summed E-state index contributed by atoms with van der Waals surface area (Å²) in [4.78, 5) is 24.9. The first kappa shape index (κ1) is 15.8. The molecule has 0 aliphatic heterocycles. The third-order valence-corrected chi connectivity index (χ3v) is 2.79. The number of nitrogens with zero attached hydrogens (tertiary/aromatic N) is 1.